The van der Waals surface area contributed by atoms with Gasteiger partial charge in [-0.25, -0.2) is 8.78 Å². The van der Waals surface area contributed by atoms with Gasteiger partial charge in [0.1, 0.15) is 17.7 Å². The molecule has 0 heterocycles. The van der Waals surface area contributed by atoms with Crippen molar-refractivity contribution in [1.29, 1.82) is 0 Å². The number of Topliss-reactive ketones (excluding diaryl/α,β-unsaturated/α-hetero) is 1. The van der Waals surface area contributed by atoms with Crippen LogP contribution in [0.25, 0.3) is 0 Å². The highest BCUT2D eigenvalue weighted by Gasteiger charge is 2.18. The Morgan fingerprint density at radius 3 is 2.19 bits per heavy atom. The molecule has 0 aromatic heterocycles. The van der Waals surface area contributed by atoms with Gasteiger partial charge < -0.3 is 10.6 Å². The van der Waals surface area contributed by atoms with E-state index < -0.39 is 35.3 Å². The number of anilines is 1. The van der Waals surface area contributed by atoms with Crippen molar-refractivity contribution in [1.82, 2.24) is 5.32 Å². The van der Waals surface area contributed by atoms with Gasteiger partial charge in [-0.15, -0.1) is 0 Å². The highest BCUT2D eigenvalue weighted by atomic mass is 19.1. The number of carbonyl (C=O) groups is 3. The molecule has 2 aromatic carbocycles. The molecule has 0 saturated heterocycles. The zero-order chi connectivity index (χ0) is 19.1. The van der Waals surface area contributed by atoms with E-state index in [9.17, 15) is 23.2 Å². The largest absolute Gasteiger partial charge is 0.345 e. The molecule has 136 valence electrons. The first-order chi connectivity index (χ1) is 12.4. The number of rotatable bonds is 7. The van der Waals surface area contributed by atoms with Gasteiger partial charge in [0.15, 0.2) is 5.78 Å². The van der Waals surface area contributed by atoms with Crippen molar-refractivity contribution in [3.63, 3.8) is 0 Å². The summed E-state index contributed by atoms with van der Waals surface area (Å²) in [6, 6.07) is 10.2. The molecule has 0 aliphatic carbocycles. The second-order valence-corrected chi connectivity index (χ2v) is 5.66. The molecule has 0 fully saturated rings. The van der Waals surface area contributed by atoms with Crippen LogP contribution in [0.1, 0.15) is 30.1 Å². The average Bonchev–Trinajstić information content (AvgIpc) is 2.62. The van der Waals surface area contributed by atoms with Gasteiger partial charge in [0, 0.05) is 12.8 Å². The third-order valence-electron chi connectivity index (χ3n) is 3.66. The van der Waals surface area contributed by atoms with Gasteiger partial charge in [0.25, 0.3) is 0 Å². The maximum absolute atomic E-state index is 13.5. The van der Waals surface area contributed by atoms with E-state index in [4.69, 9.17) is 0 Å². The molecule has 2 N–H and O–H groups in total. The van der Waals surface area contributed by atoms with Gasteiger partial charge in [-0.2, -0.15) is 0 Å². The lowest BCUT2D eigenvalue weighted by molar-refractivity contribution is -0.126. The van der Waals surface area contributed by atoms with Gasteiger partial charge >= 0.3 is 0 Å². The smallest absolute Gasteiger partial charge is 0.246 e. The fraction of sp³-hybridized carbons (Fsp3) is 0.211. The Balaban J connectivity index is 1.83. The fourth-order valence-electron chi connectivity index (χ4n) is 2.23. The Labute approximate surface area is 149 Å². The molecule has 0 bridgehead atoms. The number of nitrogens with one attached hydrogen (secondary N) is 2. The molecule has 1 unspecified atom stereocenters. The van der Waals surface area contributed by atoms with Crippen LogP contribution < -0.4 is 10.6 Å². The van der Waals surface area contributed by atoms with Crippen LogP contribution in [0.15, 0.2) is 48.5 Å². The van der Waals surface area contributed by atoms with Gasteiger partial charge in [-0.3, -0.25) is 14.4 Å². The van der Waals surface area contributed by atoms with E-state index in [1.165, 1.54) is 49.4 Å². The molecule has 0 spiro atoms. The van der Waals surface area contributed by atoms with Crippen LogP contribution in [-0.4, -0.2) is 23.6 Å². The van der Waals surface area contributed by atoms with Crippen LogP contribution in [-0.2, 0) is 9.59 Å². The van der Waals surface area contributed by atoms with Crippen LogP contribution in [0.5, 0.6) is 0 Å². The molecule has 0 aliphatic rings. The average molecular weight is 360 g/mol. The molecule has 0 radical (unpaired) electrons. The number of halogens is 2. The predicted octanol–water partition coefficient (Wildman–Crippen LogP) is 3.07. The van der Waals surface area contributed by atoms with Crippen molar-refractivity contribution in [2.24, 2.45) is 0 Å². The van der Waals surface area contributed by atoms with Crippen molar-refractivity contribution in [2.75, 3.05) is 5.32 Å². The summed E-state index contributed by atoms with van der Waals surface area (Å²) >= 11 is 0. The second kappa shape index (κ2) is 8.84. The van der Waals surface area contributed by atoms with E-state index in [-0.39, 0.29) is 24.1 Å². The summed E-state index contributed by atoms with van der Waals surface area (Å²) in [6.07, 6.45) is -0.376. The highest BCUT2D eigenvalue weighted by molar-refractivity contribution is 5.99. The lowest BCUT2D eigenvalue weighted by Gasteiger charge is -2.14. The molecule has 7 heteroatoms. The van der Waals surface area contributed by atoms with E-state index in [0.717, 1.165) is 0 Å². The lowest BCUT2D eigenvalue weighted by Crippen LogP contribution is -2.41. The molecule has 2 aromatic rings. The Morgan fingerprint density at radius 2 is 1.54 bits per heavy atom. The van der Waals surface area contributed by atoms with Gasteiger partial charge in [0.05, 0.1) is 11.3 Å². The highest BCUT2D eigenvalue weighted by Crippen LogP contribution is 2.13. The number of hydrogen-bond acceptors (Lipinski definition) is 3. The SMILES string of the molecule is CC(NC(=O)CCC(=O)c1ccccc1F)C(=O)Nc1ccccc1F. The fourth-order valence-corrected chi connectivity index (χ4v) is 2.23. The first kappa shape index (κ1) is 19.2. The maximum atomic E-state index is 13.5. The predicted molar refractivity (Wildman–Crippen MR) is 92.6 cm³/mol. The standard InChI is InChI=1S/C19H18F2N2O3/c1-12(19(26)23-16-9-5-4-8-15(16)21)22-18(25)11-10-17(24)13-6-2-3-7-14(13)20/h2-9,12H,10-11H2,1H3,(H,22,25)(H,23,26). The van der Waals surface area contributed by atoms with E-state index >= 15 is 0 Å². The number of carbonyl (C=O) groups excluding carboxylic acids is 3. The maximum Gasteiger partial charge on any atom is 0.246 e. The molecule has 26 heavy (non-hydrogen) atoms. The first-order valence-corrected chi connectivity index (χ1v) is 8.01. The third-order valence-corrected chi connectivity index (χ3v) is 3.66. The summed E-state index contributed by atoms with van der Waals surface area (Å²) < 4.78 is 27.0. The van der Waals surface area contributed by atoms with E-state index in [1.54, 1.807) is 6.07 Å². The monoisotopic (exact) mass is 360 g/mol. The summed E-state index contributed by atoms with van der Waals surface area (Å²) in [5.41, 5.74) is -0.0704. The molecule has 5 nitrogen and oxygen atoms in total. The third kappa shape index (κ3) is 5.20. The minimum absolute atomic E-state index is 0.00771. The van der Waals surface area contributed by atoms with Crippen molar-refractivity contribution in [2.45, 2.75) is 25.8 Å². The van der Waals surface area contributed by atoms with Crippen molar-refractivity contribution < 1.29 is 23.2 Å². The number of benzene rings is 2. The van der Waals surface area contributed by atoms with Gasteiger partial charge in [-0.05, 0) is 31.2 Å². The summed E-state index contributed by atoms with van der Waals surface area (Å²) in [4.78, 5) is 35.8. The van der Waals surface area contributed by atoms with Crippen LogP contribution in [0.4, 0.5) is 14.5 Å². The zero-order valence-electron chi connectivity index (χ0n) is 14.1. The zero-order valence-corrected chi connectivity index (χ0v) is 14.1. The normalized spacial score (nSPS) is 11.5. The molecule has 2 amide bonds. The van der Waals surface area contributed by atoms with Crippen LogP contribution in [0, 0.1) is 11.6 Å². The Morgan fingerprint density at radius 1 is 0.923 bits per heavy atom. The van der Waals surface area contributed by atoms with E-state index in [1.807, 2.05) is 0 Å². The molecular formula is C19H18F2N2O3. The molecule has 0 aliphatic heterocycles. The first-order valence-electron chi connectivity index (χ1n) is 8.01. The number of ketones is 1. The van der Waals surface area contributed by atoms with E-state index in [2.05, 4.69) is 10.6 Å². The molecular weight excluding hydrogens is 342 g/mol. The molecule has 2 rings (SSSR count). The van der Waals surface area contributed by atoms with Crippen molar-refractivity contribution in [3.05, 3.63) is 65.7 Å². The number of amides is 2. The van der Waals surface area contributed by atoms with E-state index in [0.29, 0.717) is 0 Å². The minimum atomic E-state index is -0.925. The molecule has 0 saturated carbocycles. The van der Waals surface area contributed by atoms with Crippen LogP contribution in [0.2, 0.25) is 0 Å². The Bertz CT molecular complexity index is 824. The van der Waals surface area contributed by atoms with Gasteiger partial charge in [-0.1, -0.05) is 24.3 Å². The van der Waals surface area contributed by atoms with Crippen molar-refractivity contribution >= 4 is 23.3 Å². The Hall–Kier alpha value is -3.09. The minimum Gasteiger partial charge on any atom is -0.345 e. The van der Waals surface area contributed by atoms with Crippen LogP contribution >= 0.6 is 0 Å². The lowest BCUT2D eigenvalue weighted by atomic mass is 10.1. The quantitative estimate of drug-likeness (QED) is 0.745. The molecule has 1 atom stereocenters. The summed E-state index contributed by atoms with van der Waals surface area (Å²) in [7, 11) is 0. The van der Waals surface area contributed by atoms with Crippen molar-refractivity contribution in [3.8, 4) is 0 Å². The number of hydrogen-bond donors (Lipinski definition) is 2. The van der Waals surface area contributed by atoms with Gasteiger partial charge in [0.2, 0.25) is 11.8 Å². The summed E-state index contributed by atoms with van der Waals surface area (Å²) in [6.45, 7) is 1.44. The van der Waals surface area contributed by atoms with Crippen LogP contribution in [0.3, 0.4) is 0 Å². The number of para-hydroxylation sites is 1. The topological polar surface area (TPSA) is 75.3 Å². The Kier molecular flexibility index (Phi) is 6.54. The second-order valence-electron chi connectivity index (χ2n) is 5.66. The summed E-state index contributed by atoms with van der Waals surface area (Å²) in [5, 5.41) is 4.79. The summed E-state index contributed by atoms with van der Waals surface area (Å²) in [5.74, 6) is -2.86.